The van der Waals surface area contributed by atoms with Crippen molar-refractivity contribution in [3.8, 4) is 5.88 Å². The number of hydrogen-bond donors (Lipinski definition) is 1. The Morgan fingerprint density at radius 2 is 2.06 bits per heavy atom. The molecular weight excluding hydrogens is 300 g/mol. The third-order valence-electron chi connectivity index (χ3n) is 2.18. The smallest absolute Gasteiger partial charge is 0.356 e. The summed E-state index contributed by atoms with van der Waals surface area (Å²) in [6.45, 7) is 0.336. The van der Waals surface area contributed by atoms with E-state index in [4.69, 9.17) is 9.84 Å². The van der Waals surface area contributed by atoms with Crippen LogP contribution in [0.15, 0.2) is 41.1 Å². The van der Waals surface area contributed by atoms with E-state index in [0.29, 0.717) is 6.61 Å². The average molecular weight is 309 g/mol. The molecule has 5 nitrogen and oxygen atoms in total. The molecule has 0 unspecified atom stereocenters. The van der Waals surface area contributed by atoms with Gasteiger partial charge in [-0.05, 0) is 6.07 Å². The summed E-state index contributed by atoms with van der Waals surface area (Å²) in [6, 6.07) is 7.65. The molecule has 1 aromatic carbocycles. The molecule has 0 atom stereocenters. The van der Waals surface area contributed by atoms with Gasteiger partial charge in [-0.15, -0.1) is 0 Å². The SMILES string of the molecule is O=C(O)c1cnc(OCc2ccccc2Br)cn1. The van der Waals surface area contributed by atoms with Gasteiger partial charge in [0.25, 0.3) is 0 Å². The summed E-state index contributed by atoms with van der Waals surface area (Å²) in [4.78, 5) is 18.2. The zero-order chi connectivity index (χ0) is 13.0. The number of carboxylic acids is 1. The highest BCUT2D eigenvalue weighted by atomic mass is 79.9. The molecule has 0 spiro atoms. The van der Waals surface area contributed by atoms with Crippen molar-refractivity contribution in [3.05, 3.63) is 52.4 Å². The second kappa shape index (κ2) is 5.59. The molecule has 0 radical (unpaired) electrons. The fraction of sp³-hybridized carbons (Fsp3) is 0.0833. The molecule has 0 saturated carbocycles. The minimum absolute atomic E-state index is 0.108. The zero-order valence-corrected chi connectivity index (χ0v) is 10.8. The van der Waals surface area contributed by atoms with Crippen molar-refractivity contribution in [1.29, 1.82) is 0 Å². The Hall–Kier alpha value is -1.95. The van der Waals surface area contributed by atoms with Crippen LogP contribution in [0, 0.1) is 0 Å². The highest BCUT2D eigenvalue weighted by molar-refractivity contribution is 9.10. The lowest BCUT2D eigenvalue weighted by atomic mass is 10.2. The van der Waals surface area contributed by atoms with E-state index in [1.807, 2.05) is 24.3 Å². The normalized spacial score (nSPS) is 10.1. The largest absolute Gasteiger partial charge is 0.476 e. The highest BCUT2D eigenvalue weighted by Gasteiger charge is 2.06. The van der Waals surface area contributed by atoms with Gasteiger partial charge in [-0.1, -0.05) is 34.1 Å². The van der Waals surface area contributed by atoms with Crippen molar-refractivity contribution in [2.75, 3.05) is 0 Å². The van der Waals surface area contributed by atoms with Crippen LogP contribution in [0.1, 0.15) is 16.1 Å². The Morgan fingerprint density at radius 3 is 2.67 bits per heavy atom. The number of aromatic nitrogens is 2. The summed E-state index contributed by atoms with van der Waals surface area (Å²) in [7, 11) is 0. The number of rotatable bonds is 4. The molecule has 0 amide bonds. The maximum atomic E-state index is 10.6. The van der Waals surface area contributed by atoms with Crippen LogP contribution in [-0.4, -0.2) is 21.0 Å². The number of nitrogens with zero attached hydrogens (tertiary/aromatic N) is 2. The van der Waals surface area contributed by atoms with E-state index in [9.17, 15) is 4.79 Å². The van der Waals surface area contributed by atoms with Crippen molar-refractivity contribution >= 4 is 21.9 Å². The van der Waals surface area contributed by atoms with Crippen molar-refractivity contribution < 1.29 is 14.6 Å². The minimum Gasteiger partial charge on any atom is -0.476 e. The van der Waals surface area contributed by atoms with Gasteiger partial charge in [0, 0.05) is 10.0 Å². The quantitative estimate of drug-likeness (QED) is 0.939. The first-order valence-electron chi connectivity index (χ1n) is 5.08. The Morgan fingerprint density at radius 1 is 1.28 bits per heavy atom. The minimum atomic E-state index is -1.11. The van der Waals surface area contributed by atoms with Crippen molar-refractivity contribution in [2.45, 2.75) is 6.61 Å². The van der Waals surface area contributed by atoms with E-state index in [0.717, 1.165) is 16.2 Å². The molecule has 0 saturated heterocycles. The van der Waals surface area contributed by atoms with Crippen LogP contribution in [-0.2, 0) is 6.61 Å². The van der Waals surface area contributed by atoms with Crippen molar-refractivity contribution in [3.63, 3.8) is 0 Å². The van der Waals surface area contributed by atoms with Crippen LogP contribution >= 0.6 is 15.9 Å². The van der Waals surface area contributed by atoms with Gasteiger partial charge in [-0.2, -0.15) is 0 Å². The summed E-state index contributed by atoms with van der Waals surface area (Å²) in [5, 5.41) is 8.67. The lowest BCUT2D eigenvalue weighted by Crippen LogP contribution is -2.03. The number of carboxylic acid groups (broad SMARTS) is 1. The molecule has 0 fully saturated rings. The molecule has 0 aliphatic heterocycles. The first-order chi connectivity index (χ1) is 8.66. The molecule has 92 valence electrons. The summed E-state index contributed by atoms with van der Waals surface area (Å²) >= 11 is 3.41. The maximum Gasteiger partial charge on any atom is 0.356 e. The zero-order valence-electron chi connectivity index (χ0n) is 9.21. The molecule has 0 aliphatic rings. The second-order valence-electron chi connectivity index (χ2n) is 3.43. The fourth-order valence-electron chi connectivity index (χ4n) is 1.27. The van der Waals surface area contributed by atoms with E-state index in [1.165, 1.54) is 6.20 Å². The molecule has 6 heteroatoms. The predicted molar refractivity (Wildman–Crippen MR) is 67.5 cm³/mol. The summed E-state index contributed by atoms with van der Waals surface area (Å²) in [5.41, 5.74) is 0.866. The van der Waals surface area contributed by atoms with E-state index < -0.39 is 5.97 Å². The molecule has 2 aromatic rings. The van der Waals surface area contributed by atoms with Gasteiger partial charge in [-0.25, -0.2) is 14.8 Å². The van der Waals surface area contributed by atoms with Gasteiger partial charge < -0.3 is 9.84 Å². The van der Waals surface area contributed by atoms with Gasteiger partial charge in [0.05, 0.1) is 12.4 Å². The monoisotopic (exact) mass is 308 g/mol. The van der Waals surface area contributed by atoms with Gasteiger partial charge in [-0.3, -0.25) is 0 Å². The number of carbonyl (C=O) groups is 1. The van der Waals surface area contributed by atoms with Crippen molar-refractivity contribution in [1.82, 2.24) is 9.97 Å². The summed E-state index contributed by atoms with van der Waals surface area (Å²) in [5.74, 6) is -0.824. The summed E-state index contributed by atoms with van der Waals surface area (Å²) in [6.07, 6.45) is 2.46. The highest BCUT2D eigenvalue weighted by Crippen LogP contribution is 2.17. The third-order valence-corrected chi connectivity index (χ3v) is 2.95. The van der Waals surface area contributed by atoms with Crippen LogP contribution < -0.4 is 4.74 Å². The van der Waals surface area contributed by atoms with E-state index in [-0.39, 0.29) is 11.6 Å². The number of halogens is 1. The predicted octanol–water partition coefficient (Wildman–Crippen LogP) is 2.52. The molecule has 2 rings (SSSR count). The molecule has 1 aromatic heterocycles. The molecule has 1 N–H and O–H groups in total. The van der Waals surface area contributed by atoms with Crippen molar-refractivity contribution in [2.24, 2.45) is 0 Å². The topological polar surface area (TPSA) is 72.3 Å². The lowest BCUT2D eigenvalue weighted by molar-refractivity contribution is 0.0689. The number of ether oxygens (including phenoxy) is 1. The molecule has 0 aliphatic carbocycles. The van der Waals surface area contributed by atoms with Gasteiger partial charge >= 0.3 is 5.97 Å². The molecular formula is C12H9BrN2O3. The van der Waals surface area contributed by atoms with E-state index in [1.54, 1.807) is 0 Å². The molecule has 1 heterocycles. The van der Waals surface area contributed by atoms with Gasteiger partial charge in [0.15, 0.2) is 5.69 Å². The van der Waals surface area contributed by atoms with Crippen LogP contribution in [0.2, 0.25) is 0 Å². The number of hydrogen-bond acceptors (Lipinski definition) is 4. The summed E-state index contributed by atoms with van der Waals surface area (Å²) < 4.78 is 6.36. The number of benzene rings is 1. The Labute approximate surface area is 112 Å². The lowest BCUT2D eigenvalue weighted by Gasteiger charge is -2.06. The number of aromatic carboxylic acids is 1. The van der Waals surface area contributed by atoms with Crippen LogP contribution in [0.4, 0.5) is 0 Å². The Balaban J connectivity index is 2.02. The first-order valence-corrected chi connectivity index (χ1v) is 5.87. The van der Waals surface area contributed by atoms with Gasteiger partial charge in [0.2, 0.25) is 5.88 Å². The average Bonchev–Trinajstić information content (AvgIpc) is 2.38. The standard InChI is InChI=1S/C12H9BrN2O3/c13-9-4-2-1-3-8(9)7-18-11-6-14-10(5-15-11)12(16)17/h1-6H,7H2,(H,16,17). The molecule has 18 heavy (non-hydrogen) atoms. The second-order valence-corrected chi connectivity index (χ2v) is 4.28. The van der Waals surface area contributed by atoms with Gasteiger partial charge in [0.1, 0.15) is 6.61 Å². The fourth-order valence-corrected chi connectivity index (χ4v) is 1.67. The van der Waals surface area contributed by atoms with Crippen LogP contribution in [0.25, 0.3) is 0 Å². The Kier molecular flexibility index (Phi) is 3.88. The van der Waals surface area contributed by atoms with E-state index in [2.05, 4.69) is 25.9 Å². The van der Waals surface area contributed by atoms with Crippen LogP contribution in [0.3, 0.4) is 0 Å². The molecule has 0 bridgehead atoms. The first kappa shape index (κ1) is 12.5. The van der Waals surface area contributed by atoms with Crippen LogP contribution in [0.5, 0.6) is 5.88 Å². The maximum absolute atomic E-state index is 10.6. The Bertz CT molecular complexity index is 558. The van der Waals surface area contributed by atoms with E-state index >= 15 is 0 Å². The third kappa shape index (κ3) is 3.04.